The van der Waals surface area contributed by atoms with E-state index in [1.54, 1.807) is 23.9 Å². The summed E-state index contributed by atoms with van der Waals surface area (Å²) in [5, 5.41) is 0. The van der Waals surface area contributed by atoms with Gasteiger partial charge in [-0.25, -0.2) is 0 Å². The minimum absolute atomic E-state index is 0.0488. The van der Waals surface area contributed by atoms with Crippen LogP contribution >= 0.6 is 0 Å². The molecule has 0 spiro atoms. The van der Waals surface area contributed by atoms with E-state index in [0.29, 0.717) is 6.54 Å². The fraction of sp³-hybridized carbons (Fsp3) is 0.500. The van der Waals surface area contributed by atoms with Crippen LogP contribution < -0.4 is 0 Å². The minimum atomic E-state index is -0.654. The van der Waals surface area contributed by atoms with E-state index in [4.69, 9.17) is 4.74 Å². The highest BCUT2D eigenvalue weighted by Gasteiger charge is 2.41. The Balaban J connectivity index is 2.41. The molecular formula is C16H22N2O3. The second kappa shape index (κ2) is 6.26. The van der Waals surface area contributed by atoms with Gasteiger partial charge < -0.3 is 14.5 Å². The molecule has 5 heteroatoms. The summed E-state index contributed by atoms with van der Waals surface area (Å²) in [6.07, 6.45) is -0.654. The minimum Gasteiger partial charge on any atom is -0.356 e. The molecule has 1 saturated heterocycles. The van der Waals surface area contributed by atoms with Gasteiger partial charge in [0.05, 0.1) is 6.04 Å². The summed E-state index contributed by atoms with van der Waals surface area (Å²) in [5.41, 5.74) is 2.00. The number of carbonyl (C=O) groups is 2. The van der Waals surface area contributed by atoms with Gasteiger partial charge in [0, 0.05) is 20.6 Å². The number of nitrogens with zero attached hydrogens (tertiary/aromatic N) is 2. The van der Waals surface area contributed by atoms with Crippen molar-refractivity contribution in [2.75, 3.05) is 27.2 Å². The highest BCUT2D eigenvalue weighted by molar-refractivity contribution is 5.86. The summed E-state index contributed by atoms with van der Waals surface area (Å²) in [6, 6.07) is 7.41. The average Bonchev–Trinajstić information content (AvgIpc) is 2.49. The number of aryl methyl sites for hydroxylation is 1. The third-order valence-electron chi connectivity index (χ3n) is 4.08. The smallest absolute Gasteiger partial charge is 0.253 e. The van der Waals surface area contributed by atoms with Crippen LogP contribution in [-0.2, 0) is 14.3 Å². The second-order valence-corrected chi connectivity index (χ2v) is 5.39. The lowest BCUT2D eigenvalue weighted by atomic mass is 9.93. The molecule has 2 rings (SSSR count). The normalized spacial score (nSPS) is 22.3. The van der Waals surface area contributed by atoms with Gasteiger partial charge in [0.1, 0.15) is 6.61 Å². The molecule has 1 aromatic rings. The van der Waals surface area contributed by atoms with E-state index in [2.05, 4.69) is 0 Å². The second-order valence-electron chi connectivity index (χ2n) is 5.39. The zero-order valence-electron chi connectivity index (χ0n) is 13.0. The molecule has 1 heterocycles. The van der Waals surface area contributed by atoms with E-state index < -0.39 is 6.10 Å². The molecule has 0 unspecified atom stereocenters. The summed E-state index contributed by atoms with van der Waals surface area (Å²) in [6.45, 7) is 4.45. The molecule has 1 aliphatic heterocycles. The zero-order valence-corrected chi connectivity index (χ0v) is 13.0. The maximum absolute atomic E-state index is 12.5. The van der Waals surface area contributed by atoms with Crippen molar-refractivity contribution in [3.63, 3.8) is 0 Å². The summed E-state index contributed by atoms with van der Waals surface area (Å²) in [7, 11) is 3.48. The lowest BCUT2D eigenvalue weighted by Crippen LogP contribution is -2.53. The molecule has 1 aliphatic rings. The Morgan fingerprint density at radius 2 is 2.10 bits per heavy atom. The van der Waals surface area contributed by atoms with Crippen LogP contribution in [0.1, 0.15) is 24.1 Å². The maximum Gasteiger partial charge on any atom is 0.253 e. The summed E-state index contributed by atoms with van der Waals surface area (Å²) >= 11 is 0. The van der Waals surface area contributed by atoms with Gasteiger partial charge >= 0.3 is 0 Å². The predicted octanol–water partition coefficient (Wildman–Crippen LogP) is 1.37. The molecule has 0 radical (unpaired) electrons. The fourth-order valence-corrected chi connectivity index (χ4v) is 2.58. The van der Waals surface area contributed by atoms with Crippen LogP contribution in [0.15, 0.2) is 24.3 Å². The number of rotatable bonds is 3. The van der Waals surface area contributed by atoms with Gasteiger partial charge in [-0.2, -0.15) is 0 Å². The van der Waals surface area contributed by atoms with E-state index in [1.165, 1.54) is 0 Å². The Labute approximate surface area is 125 Å². The van der Waals surface area contributed by atoms with Crippen LogP contribution in [0.25, 0.3) is 0 Å². The van der Waals surface area contributed by atoms with Crippen LogP contribution in [-0.4, -0.2) is 55.0 Å². The number of hydrogen-bond acceptors (Lipinski definition) is 3. The maximum atomic E-state index is 12.5. The Morgan fingerprint density at radius 3 is 2.71 bits per heavy atom. The topological polar surface area (TPSA) is 49.9 Å². The van der Waals surface area contributed by atoms with Crippen molar-refractivity contribution in [2.45, 2.75) is 26.0 Å². The third kappa shape index (κ3) is 2.93. The molecule has 0 saturated carbocycles. The van der Waals surface area contributed by atoms with Crippen molar-refractivity contribution in [3.05, 3.63) is 35.4 Å². The highest BCUT2D eigenvalue weighted by atomic mass is 16.5. The fourth-order valence-electron chi connectivity index (χ4n) is 2.58. The molecule has 0 aliphatic carbocycles. The number of ether oxygens (including phenoxy) is 1. The van der Waals surface area contributed by atoms with Crippen LogP contribution in [0, 0.1) is 6.92 Å². The lowest BCUT2D eigenvalue weighted by molar-refractivity contribution is -0.166. The molecule has 1 fully saturated rings. The van der Waals surface area contributed by atoms with Gasteiger partial charge in [0.25, 0.3) is 5.91 Å². The molecule has 0 aromatic heterocycles. The third-order valence-corrected chi connectivity index (χ3v) is 4.08. The van der Waals surface area contributed by atoms with Crippen molar-refractivity contribution in [3.8, 4) is 0 Å². The highest BCUT2D eigenvalue weighted by Crippen LogP contribution is 2.31. The summed E-state index contributed by atoms with van der Waals surface area (Å²) < 4.78 is 5.59. The quantitative estimate of drug-likeness (QED) is 0.845. The van der Waals surface area contributed by atoms with Gasteiger partial charge in [-0.05, 0) is 25.0 Å². The van der Waals surface area contributed by atoms with E-state index >= 15 is 0 Å². The Morgan fingerprint density at radius 1 is 1.43 bits per heavy atom. The van der Waals surface area contributed by atoms with Gasteiger partial charge in [0.15, 0.2) is 6.10 Å². The molecule has 21 heavy (non-hydrogen) atoms. The standard InChI is InChI=1S/C16H22N2O3/c1-5-17(3)16(20)15-14(18(4)13(19)10-21-15)12-9-7-6-8-11(12)2/h6-9,14-15H,5,10H2,1-4H3/t14-,15+/m1/s1. The molecule has 2 atom stereocenters. The Bertz CT molecular complexity index is 544. The zero-order chi connectivity index (χ0) is 15.6. The molecule has 0 N–H and O–H groups in total. The van der Waals surface area contributed by atoms with Gasteiger partial charge in [-0.15, -0.1) is 0 Å². The van der Waals surface area contributed by atoms with E-state index in [0.717, 1.165) is 11.1 Å². The molecular weight excluding hydrogens is 268 g/mol. The van der Waals surface area contributed by atoms with Gasteiger partial charge in [-0.1, -0.05) is 24.3 Å². The summed E-state index contributed by atoms with van der Waals surface area (Å²) in [5.74, 6) is -0.198. The Hall–Kier alpha value is -1.88. The Kier molecular flexibility index (Phi) is 4.63. The molecule has 0 bridgehead atoms. The lowest BCUT2D eigenvalue weighted by Gasteiger charge is -2.40. The van der Waals surface area contributed by atoms with E-state index in [1.807, 2.05) is 38.1 Å². The molecule has 5 nitrogen and oxygen atoms in total. The van der Waals surface area contributed by atoms with E-state index in [-0.39, 0.29) is 24.5 Å². The number of benzene rings is 1. The predicted molar refractivity (Wildman–Crippen MR) is 79.7 cm³/mol. The summed E-state index contributed by atoms with van der Waals surface area (Å²) in [4.78, 5) is 27.8. The monoisotopic (exact) mass is 290 g/mol. The first kappa shape index (κ1) is 15.5. The average molecular weight is 290 g/mol. The molecule has 2 amide bonds. The number of carbonyl (C=O) groups excluding carboxylic acids is 2. The van der Waals surface area contributed by atoms with Crippen LogP contribution in [0.3, 0.4) is 0 Å². The number of hydrogen-bond donors (Lipinski definition) is 0. The van der Waals surface area contributed by atoms with Crippen LogP contribution in [0.4, 0.5) is 0 Å². The first-order chi connectivity index (χ1) is 9.97. The number of morpholine rings is 1. The van der Waals surface area contributed by atoms with Crippen molar-refractivity contribution >= 4 is 11.8 Å². The van der Waals surface area contributed by atoms with Crippen molar-refractivity contribution < 1.29 is 14.3 Å². The van der Waals surface area contributed by atoms with Gasteiger partial charge in [0.2, 0.25) is 5.91 Å². The molecule has 114 valence electrons. The number of amides is 2. The van der Waals surface area contributed by atoms with Crippen molar-refractivity contribution in [2.24, 2.45) is 0 Å². The molecule has 1 aromatic carbocycles. The number of likely N-dealkylation sites (N-methyl/N-ethyl adjacent to an activating group) is 2. The van der Waals surface area contributed by atoms with Crippen LogP contribution in [0.5, 0.6) is 0 Å². The van der Waals surface area contributed by atoms with Crippen molar-refractivity contribution in [1.82, 2.24) is 9.80 Å². The first-order valence-corrected chi connectivity index (χ1v) is 7.15. The van der Waals surface area contributed by atoms with Gasteiger partial charge in [-0.3, -0.25) is 9.59 Å². The van der Waals surface area contributed by atoms with Crippen molar-refractivity contribution in [1.29, 1.82) is 0 Å². The first-order valence-electron chi connectivity index (χ1n) is 7.15. The SMILES string of the molecule is CCN(C)C(=O)[C@H]1OCC(=O)N(C)[C@@H]1c1ccccc1C. The largest absolute Gasteiger partial charge is 0.356 e. The van der Waals surface area contributed by atoms with E-state index in [9.17, 15) is 9.59 Å². The van der Waals surface area contributed by atoms with Crippen LogP contribution in [0.2, 0.25) is 0 Å².